The second-order valence-electron chi connectivity index (χ2n) is 4.74. The normalized spacial score (nSPS) is 21.7. The Labute approximate surface area is 113 Å². The van der Waals surface area contributed by atoms with Crippen LogP contribution in [0.2, 0.25) is 0 Å². The van der Waals surface area contributed by atoms with Crippen molar-refractivity contribution in [1.82, 2.24) is 0 Å². The van der Waals surface area contributed by atoms with Crippen molar-refractivity contribution in [2.45, 2.75) is 19.1 Å². The predicted molar refractivity (Wildman–Crippen MR) is 75.2 cm³/mol. The van der Waals surface area contributed by atoms with Gasteiger partial charge in [-0.15, -0.1) is 0 Å². The minimum atomic E-state index is -0.530. The molecule has 3 heteroatoms. The van der Waals surface area contributed by atoms with E-state index in [4.69, 9.17) is 10.5 Å². The highest BCUT2D eigenvalue weighted by atomic mass is 16.5. The Morgan fingerprint density at radius 2 is 2.00 bits per heavy atom. The Balaban J connectivity index is 1.98. The fraction of sp³-hybridized carbons (Fsp3) is 0.188. The van der Waals surface area contributed by atoms with E-state index in [0.29, 0.717) is 5.57 Å². The summed E-state index contributed by atoms with van der Waals surface area (Å²) in [6, 6.07) is 9.59. The predicted octanol–water partition coefficient (Wildman–Crippen LogP) is 2.50. The fourth-order valence-electron chi connectivity index (χ4n) is 1.68. The highest BCUT2D eigenvalue weighted by Crippen LogP contribution is 2.13. The van der Waals surface area contributed by atoms with Crippen molar-refractivity contribution >= 4 is 5.97 Å². The van der Waals surface area contributed by atoms with Crippen LogP contribution in [0.25, 0.3) is 0 Å². The molecular formula is C16H17NO2. The summed E-state index contributed by atoms with van der Waals surface area (Å²) in [5.41, 5.74) is 6.88. The molecule has 0 aromatic heterocycles. The van der Waals surface area contributed by atoms with Gasteiger partial charge in [0.1, 0.15) is 6.61 Å². The molecule has 0 radical (unpaired) electrons. The Morgan fingerprint density at radius 3 is 2.74 bits per heavy atom. The molecule has 2 rings (SSSR count). The van der Waals surface area contributed by atoms with Crippen LogP contribution in [0.4, 0.5) is 0 Å². The van der Waals surface area contributed by atoms with Crippen molar-refractivity contribution in [2.75, 3.05) is 0 Å². The molecule has 0 amide bonds. The van der Waals surface area contributed by atoms with Crippen LogP contribution in [0, 0.1) is 0 Å². The third-order valence-electron chi connectivity index (χ3n) is 2.80. The zero-order valence-corrected chi connectivity index (χ0v) is 10.9. The maximum absolute atomic E-state index is 11.9. The van der Waals surface area contributed by atoms with Crippen LogP contribution >= 0.6 is 0 Å². The molecule has 1 aliphatic rings. The van der Waals surface area contributed by atoms with E-state index in [1.165, 1.54) is 0 Å². The van der Waals surface area contributed by atoms with Crippen molar-refractivity contribution < 1.29 is 9.53 Å². The Bertz CT molecular complexity index is 539. The second-order valence-corrected chi connectivity index (χ2v) is 4.74. The van der Waals surface area contributed by atoms with Crippen molar-refractivity contribution in [3.63, 3.8) is 0 Å². The van der Waals surface area contributed by atoms with Crippen molar-refractivity contribution in [3.8, 4) is 0 Å². The number of hydrogen-bond donors (Lipinski definition) is 1. The summed E-state index contributed by atoms with van der Waals surface area (Å²) in [5, 5.41) is 0. The first-order valence-electron chi connectivity index (χ1n) is 6.15. The van der Waals surface area contributed by atoms with Gasteiger partial charge in [0.2, 0.25) is 0 Å². The lowest BCUT2D eigenvalue weighted by Crippen LogP contribution is -2.30. The summed E-state index contributed by atoms with van der Waals surface area (Å²) >= 11 is 0. The van der Waals surface area contributed by atoms with Crippen molar-refractivity contribution in [2.24, 2.45) is 5.73 Å². The lowest BCUT2D eigenvalue weighted by atomic mass is 10.0. The van der Waals surface area contributed by atoms with Gasteiger partial charge in [0.15, 0.2) is 0 Å². The lowest BCUT2D eigenvalue weighted by Gasteiger charge is -2.12. The summed E-state index contributed by atoms with van der Waals surface area (Å²) in [6.07, 6.45) is 8.81. The van der Waals surface area contributed by atoms with E-state index in [2.05, 4.69) is 0 Å². The SMILES string of the molecule is CC1(N)C=CC=C(C(=O)OCc2ccccc2)C=C1. The van der Waals surface area contributed by atoms with Gasteiger partial charge in [0.05, 0.1) is 11.1 Å². The summed E-state index contributed by atoms with van der Waals surface area (Å²) in [4.78, 5) is 11.9. The van der Waals surface area contributed by atoms with Crippen LogP contribution in [0.3, 0.4) is 0 Å². The standard InChI is InChI=1S/C16H17NO2/c1-16(17)10-5-8-14(9-11-16)15(18)19-12-13-6-3-2-4-7-13/h2-11H,12,17H2,1H3. The van der Waals surface area contributed by atoms with E-state index in [0.717, 1.165) is 5.56 Å². The van der Waals surface area contributed by atoms with Crippen LogP contribution < -0.4 is 5.73 Å². The average molecular weight is 255 g/mol. The minimum Gasteiger partial charge on any atom is -0.457 e. The van der Waals surface area contributed by atoms with E-state index in [-0.39, 0.29) is 12.6 Å². The molecule has 98 valence electrons. The Morgan fingerprint density at radius 1 is 1.26 bits per heavy atom. The first-order valence-corrected chi connectivity index (χ1v) is 6.15. The fourth-order valence-corrected chi connectivity index (χ4v) is 1.68. The largest absolute Gasteiger partial charge is 0.457 e. The number of allylic oxidation sites excluding steroid dienone is 2. The van der Waals surface area contributed by atoms with Gasteiger partial charge in [0.25, 0.3) is 0 Å². The van der Waals surface area contributed by atoms with Crippen LogP contribution in [-0.2, 0) is 16.1 Å². The van der Waals surface area contributed by atoms with E-state index in [1.54, 1.807) is 24.3 Å². The molecule has 1 atom stereocenters. The van der Waals surface area contributed by atoms with E-state index in [9.17, 15) is 4.79 Å². The molecule has 2 N–H and O–H groups in total. The first-order chi connectivity index (χ1) is 9.07. The summed E-state index contributed by atoms with van der Waals surface area (Å²) < 4.78 is 5.26. The van der Waals surface area contributed by atoms with Gasteiger partial charge >= 0.3 is 5.97 Å². The van der Waals surface area contributed by atoms with Crippen LogP contribution in [0.15, 0.2) is 66.3 Å². The number of benzene rings is 1. The highest BCUT2D eigenvalue weighted by molar-refractivity contribution is 5.92. The quantitative estimate of drug-likeness (QED) is 0.844. The molecule has 1 aliphatic carbocycles. The number of hydrogen-bond acceptors (Lipinski definition) is 3. The molecule has 0 fully saturated rings. The zero-order valence-electron chi connectivity index (χ0n) is 10.9. The van der Waals surface area contributed by atoms with E-state index in [1.807, 2.05) is 43.3 Å². The smallest absolute Gasteiger partial charge is 0.338 e. The molecule has 0 saturated carbocycles. The maximum atomic E-state index is 11.9. The Kier molecular flexibility index (Phi) is 3.97. The summed E-state index contributed by atoms with van der Waals surface area (Å²) in [5.74, 6) is -0.345. The zero-order chi connectivity index (χ0) is 13.7. The van der Waals surface area contributed by atoms with Gasteiger partial charge in [-0.1, -0.05) is 48.6 Å². The van der Waals surface area contributed by atoms with E-state index >= 15 is 0 Å². The van der Waals surface area contributed by atoms with Crippen molar-refractivity contribution in [1.29, 1.82) is 0 Å². The van der Waals surface area contributed by atoms with E-state index < -0.39 is 5.54 Å². The molecular weight excluding hydrogens is 238 g/mol. The van der Waals surface area contributed by atoms with Gasteiger partial charge in [-0.05, 0) is 24.6 Å². The molecule has 1 aromatic rings. The second kappa shape index (κ2) is 5.67. The third-order valence-corrected chi connectivity index (χ3v) is 2.80. The molecule has 1 aromatic carbocycles. The number of esters is 1. The maximum Gasteiger partial charge on any atom is 0.338 e. The number of rotatable bonds is 3. The van der Waals surface area contributed by atoms with Gasteiger partial charge in [-0.2, -0.15) is 0 Å². The number of carbonyl (C=O) groups is 1. The Hall–Kier alpha value is -2.13. The number of ether oxygens (including phenoxy) is 1. The number of carbonyl (C=O) groups excluding carboxylic acids is 1. The molecule has 0 aliphatic heterocycles. The van der Waals surface area contributed by atoms with Crippen LogP contribution in [-0.4, -0.2) is 11.5 Å². The van der Waals surface area contributed by atoms with Crippen LogP contribution in [0.1, 0.15) is 12.5 Å². The highest BCUT2D eigenvalue weighted by Gasteiger charge is 2.14. The summed E-state index contributed by atoms with van der Waals surface area (Å²) in [7, 11) is 0. The molecule has 1 unspecified atom stereocenters. The minimum absolute atomic E-state index is 0.272. The lowest BCUT2D eigenvalue weighted by molar-refractivity contribution is -0.139. The van der Waals surface area contributed by atoms with Gasteiger partial charge < -0.3 is 10.5 Å². The van der Waals surface area contributed by atoms with Crippen molar-refractivity contribution in [3.05, 3.63) is 71.8 Å². The van der Waals surface area contributed by atoms with Gasteiger partial charge in [-0.3, -0.25) is 0 Å². The topological polar surface area (TPSA) is 52.3 Å². The molecule has 3 nitrogen and oxygen atoms in total. The first kappa shape index (κ1) is 13.3. The summed E-state index contributed by atoms with van der Waals surface area (Å²) in [6.45, 7) is 2.14. The molecule has 0 bridgehead atoms. The molecule has 0 heterocycles. The van der Waals surface area contributed by atoms with Gasteiger partial charge in [0, 0.05) is 0 Å². The number of nitrogens with two attached hydrogens (primary N) is 1. The molecule has 0 spiro atoms. The molecule has 0 saturated heterocycles. The van der Waals surface area contributed by atoms with Gasteiger partial charge in [-0.25, -0.2) is 4.79 Å². The monoisotopic (exact) mass is 255 g/mol. The molecule has 19 heavy (non-hydrogen) atoms. The average Bonchev–Trinajstić information content (AvgIpc) is 2.58. The third kappa shape index (κ3) is 3.93. The van der Waals surface area contributed by atoms with Crippen LogP contribution in [0.5, 0.6) is 0 Å².